The molecule has 4 heteroatoms. The number of carboxylic acids is 1. The fourth-order valence-corrected chi connectivity index (χ4v) is 2.24. The van der Waals surface area contributed by atoms with Crippen LogP contribution in [0.4, 0.5) is 0 Å². The van der Waals surface area contributed by atoms with Crippen LogP contribution >= 0.6 is 0 Å². The first kappa shape index (κ1) is 11.9. The molecule has 0 atom stereocenters. The van der Waals surface area contributed by atoms with Gasteiger partial charge in [-0.15, -0.1) is 0 Å². The number of carbonyl (C=O) groups excluding carboxylic acids is 1. The summed E-state index contributed by atoms with van der Waals surface area (Å²) in [5.41, 5.74) is -0.147. The average Bonchev–Trinajstić information content (AvgIpc) is 2.39. The van der Waals surface area contributed by atoms with Crippen LogP contribution in [0.25, 0.3) is 0 Å². The summed E-state index contributed by atoms with van der Waals surface area (Å²) < 4.78 is 10.3. The van der Waals surface area contributed by atoms with E-state index in [-0.39, 0.29) is 0 Å². The first-order valence-corrected chi connectivity index (χ1v) is 5.63. The van der Waals surface area contributed by atoms with Gasteiger partial charge in [0, 0.05) is 18.6 Å². The van der Waals surface area contributed by atoms with Gasteiger partial charge in [0.25, 0.3) is 0 Å². The van der Waals surface area contributed by atoms with Gasteiger partial charge in [-0.2, -0.15) is 0 Å². The second-order valence-electron chi connectivity index (χ2n) is 4.21. The second-order valence-corrected chi connectivity index (χ2v) is 4.21. The van der Waals surface area contributed by atoms with Crippen molar-refractivity contribution >= 4 is 5.97 Å². The smallest absolute Gasteiger partial charge is 0.118 e. The molecule has 0 amide bonds. The summed E-state index contributed by atoms with van der Waals surface area (Å²) in [6, 6.07) is 7.13. The van der Waals surface area contributed by atoms with E-state index in [1.165, 1.54) is 0 Å². The van der Waals surface area contributed by atoms with Crippen LogP contribution in [0.3, 0.4) is 0 Å². The minimum absolute atomic E-state index is 0.458. The lowest BCUT2D eigenvalue weighted by Crippen LogP contribution is -2.49. The highest BCUT2D eigenvalue weighted by Gasteiger charge is 2.35. The molecule has 17 heavy (non-hydrogen) atoms. The van der Waals surface area contributed by atoms with Crippen molar-refractivity contribution in [2.24, 2.45) is 0 Å². The number of carboxylic acid groups (broad SMARTS) is 1. The van der Waals surface area contributed by atoms with Gasteiger partial charge in [0.1, 0.15) is 5.75 Å². The third-order valence-corrected chi connectivity index (χ3v) is 3.38. The molecule has 1 saturated heterocycles. The Kier molecular flexibility index (Phi) is 3.33. The number of hydrogen-bond acceptors (Lipinski definition) is 4. The van der Waals surface area contributed by atoms with Gasteiger partial charge in [0.15, 0.2) is 0 Å². The lowest BCUT2D eigenvalue weighted by atomic mass is 9.74. The van der Waals surface area contributed by atoms with E-state index in [1.54, 1.807) is 31.4 Å². The van der Waals surface area contributed by atoms with E-state index < -0.39 is 11.4 Å². The first-order valence-electron chi connectivity index (χ1n) is 5.63. The highest BCUT2D eigenvalue weighted by atomic mass is 16.5. The van der Waals surface area contributed by atoms with Crippen LogP contribution in [-0.2, 0) is 14.9 Å². The van der Waals surface area contributed by atoms with Crippen molar-refractivity contribution in [2.75, 3.05) is 20.3 Å². The molecule has 4 nitrogen and oxygen atoms in total. The number of ether oxygens (including phenoxy) is 2. The summed E-state index contributed by atoms with van der Waals surface area (Å²) in [6.45, 7) is 0.917. The Morgan fingerprint density at radius 2 is 1.88 bits per heavy atom. The molecule has 0 aliphatic carbocycles. The van der Waals surface area contributed by atoms with Gasteiger partial charge in [-0.1, -0.05) is 12.1 Å². The Balaban J connectivity index is 2.34. The molecule has 92 valence electrons. The van der Waals surface area contributed by atoms with Crippen LogP contribution in [0.2, 0.25) is 0 Å². The van der Waals surface area contributed by atoms with Crippen LogP contribution in [0, 0.1) is 0 Å². The summed E-state index contributed by atoms with van der Waals surface area (Å²) in [4.78, 5) is 11.4. The van der Waals surface area contributed by atoms with Crippen molar-refractivity contribution in [1.82, 2.24) is 0 Å². The molecular formula is C13H15O4-. The highest BCUT2D eigenvalue weighted by Crippen LogP contribution is 2.35. The van der Waals surface area contributed by atoms with Crippen LogP contribution in [0.1, 0.15) is 18.4 Å². The number of hydrogen-bond donors (Lipinski definition) is 0. The van der Waals surface area contributed by atoms with E-state index in [2.05, 4.69) is 0 Å². The molecule has 1 fully saturated rings. The monoisotopic (exact) mass is 235 g/mol. The van der Waals surface area contributed by atoms with Crippen LogP contribution in [-0.4, -0.2) is 26.3 Å². The number of carbonyl (C=O) groups is 1. The molecule has 0 bridgehead atoms. The summed E-state index contributed by atoms with van der Waals surface area (Å²) in [5.74, 6) is -0.305. The molecular weight excluding hydrogens is 220 g/mol. The zero-order chi connectivity index (χ0) is 12.3. The quantitative estimate of drug-likeness (QED) is 0.765. The van der Waals surface area contributed by atoms with E-state index in [0.717, 1.165) is 5.56 Å². The Hall–Kier alpha value is -1.55. The van der Waals surface area contributed by atoms with Gasteiger partial charge in [0.05, 0.1) is 13.1 Å². The van der Waals surface area contributed by atoms with Crippen LogP contribution in [0.15, 0.2) is 24.3 Å². The summed E-state index contributed by atoms with van der Waals surface area (Å²) >= 11 is 0. The minimum Gasteiger partial charge on any atom is -0.549 e. The molecule has 1 heterocycles. The molecule has 2 rings (SSSR count). The van der Waals surface area contributed by atoms with E-state index in [9.17, 15) is 9.90 Å². The topological polar surface area (TPSA) is 58.6 Å². The van der Waals surface area contributed by atoms with Gasteiger partial charge in [-0.05, 0) is 30.5 Å². The number of aliphatic carboxylic acids is 1. The van der Waals surface area contributed by atoms with E-state index in [1.807, 2.05) is 0 Å². The molecule has 0 unspecified atom stereocenters. The second kappa shape index (κ2) is 4.75. The molecule has 0 saturated carbocycles. The predicted molar refractivity (Wildman–Crippen MR) is 59.7 cm³/mol. The summed E-state index contributed by atoms with van der Waals surface area (Å²) in [5, 5.41) is 11.4. The van der Waals surface area contributed by atoms with Crippen molar-refractivity contribution in [1.29, 1.82) is 0 Å². The van der Waals surface area contributed by atoms with Crippen molar-refractivity contribution in [3.63, 3.8) is 0 Å². The van der Waals surface area contributed by atoms with Gasteiger partial charge in [-0.3, -0.25) is 0 Å². The largest absolute Gasteiger partial charge is 0.549 e. The van der Waals surface area contributed by atoms with Gasteiger partial charge < -0.3 is 19.4 Å². The highest BCUT2D eigenvalue weighted by molar-refractivity contribution is 5.79. The third-order valence-electron chi connectivity index (χ3n) is 3.38. The van der Waals surface area contributed by atoms with Crippen LogP contribution < -0.4 is 9.84 Å². The van der Waals surface area contributed by atoms with Crippen molar-refractivity contribution in [2.45, 2.75) is 18.3 Å². The standard InChI is InChI=1S/C13H16O4/c1-16-11-4-2-10(3-5-11)13(12(14)15)6-8-17-9-7-13/h2-5H,6-9H2,1H3,(H,14,15)/p-1. The Bertz CT molecular complexity index is 390. The SMILES string of the molecule is COc1ccc(C2(C(=O)[O-])CCOCC2)cc1. The fourth-order valence-electron chi connectivity index (χ4n) is 2.24. The molecule has 0 N–H and O–H groups in total. The normalized spacial score (nSPS) is 18.6. The summed E-state index contributed by atoms with van der Waals surface area (Å²) in [7, 11) is 1.58. The van der Waals surface area contributed by atoms with Gasteiger partial charge >= 0.3 is 0 Å². The molecule has 1 aliphatic rings. The molecule has 0 aromatic heterocycles. The minimum atomic E-state index is -1.02. The fraction of sp³-hybridized carbons (Fsp3) is 0.462. The summed E-state index contributed by atoms with van der Waals surface area (Å²) in [6.07, 6.45) is 0.920. The maximum absolute atomic E-state index is 11.4. The van der Waals surface area contributed by atoms with E-state index in [4.69, 9.17) is 9.47 Å². The molecule has 1 aromatic rings. The molecule has 0 spiro atoms. The molecule has 1 aliphatic heterocycles. The number of benzene rings is 1. The lowest BCUT2D eigenvalue weighted by Gasteiger charge is -2.38. The Morgan fingerprint density at radius 1 is 1.29 bits per heavy atom. The Morgan fingerprint density at radius 3 is 2.35 bits per heavy atom. The van der Waals surface area contributed by atoms with E-state index in [0.29, 0.717) is 31.8 Å². The van der Waals surface area contributed by atoms with E-state index >= 15 is 0 Å². The molecule has 1 aromatic carbocycles. The van der Waals surface area contributed by atoms with Crippen molar-refractivity contribution in [3.05, 3.63) is 29.8 Å². The number of rotatable bonds is 3. The zero-order valence-electron chi connectivity index (χ0n) is 9.77. The maximum Gasteiger partial charge on any atom is 0.118 e. The van der Waals surface area contributed by atoms with Crippen LogP contribution in [0.5, 0.6) is 5.75 Å². The maximum atomic E-state index is 11.4. The predicted octanol–water partition coefficient (Wildman–Crippen LogP) is 0.493. The zero-order valence-corrected chi connectivity index (χ0v) is 9.77. The van der Waals surface area contributed by atoms with Crippen molar-refractivity contribution in [3.8, 4) is 5.75 Å². The Labute approximate surface area is 100 Å². The third kappa shape index (κ3) is 2.13. The van der Waals surface area contributed by atoms with Gasteiger partial charge in [0.2, 0.25) is 0 Å². The first-order chi connectivity index (χ1) is 8.19. The lowest BCUT2D eigenvalue weighted by molar-refractivity contribution is -0.316. The van der Waals surface area contributed by atoms with Gasteiger partial charge in [-0.25, -0.2) is 0 Å². The average molecular weight is 235 g/mol. The molecule has 0 radical (unpaired) electrons. The van der Waals surface area contributed by atoms with Crippen molar-refractivity contribution < 1.29 is 19.4 Å². The number of methoxy groups -OCH3 is 1.